The van der Waals surface area contributed by atoms with Gasteiger partial charge in [-0.1, -0.05) is 36.4 Å². The second-order valence-electron chi connectivity index (χ2n) is 4.82. The van der Waals surface area contributed by atoms with E-state index in [2.05, 4.69) is 10.6 Å². The molecule has 0 saturated heterocycles. The third-order valence-corrected chi connectivity index (χ3v) is 3.02. The lowest BCUT2D eigenvalue weighted by Crippen LogP contribution is -2.41. The van der Waals surface area contributed by atoms with E-state index in [-0.39, 0.29) is 17.9 Å². The van der Waals surface area contributed by atoms with E-state index in [9.17, 15) is 9.59 Å². The summed E-state index contributed by atoms with van der Waals surface area (Å²) in [5.41, 5.74) is 1.22. The fraction of sp³-hybridized carbons (Fsp3) is 0.176. The second-order valence-corrected chi connectivity index (χ2v) is 4.82. The first-order valence-electron chi connectivity index (χ1n) is 6.86. The Kier molecular flexibility index (Phi) is 5.10. The van der Waals surface area contributed by atoms with Crippen molar-refractivity contribution in [1.29, 1.82) is 0 Å². The molecule has 0 fully saturated rings. The topological polar surface area (TPSA) is 58.2 Å². The average Bonchev–Trinajstić information content (AvgIpc) is 2.54. The van der Waals surface area contributed by atoms with Crippen molar-refractivity contribution in [1.82, 2.24) is 10.6 Å². The van der Waals surface area contributed by atoms with Gasteiger partial charge in [-0.25, -0.2) is 0 Å². The van der Waals surface area contributed by atoms with Gasteiger partial charge in [0.25, 0.3) is 11.8 Å². The highest BCUT2D eigenvalue weighted by molar-refractivity contribution is 5.95. The van der Waals surface area contributed by atoms with Gasteiger partial charge in [0.1, 0.15) is 0 Å². The van der Waals surface area contributed by atoms with Crippen molar-refractivity contribution < 1.29 is 9.59 Å². The fourth-order valence-electron chi connectivity index (χ4n) is 1.89. The van der Waals surface area contributed by atoms with Crippen molar-refractivity contribution in [2.24, 2.45) is 0 Å². The molecule has 21 heavy (non-hydrogen) atoms. The first-order valence-corrected chi connectivity index (χ1v) is 6.86. The third kappa shape index (κ3) is 4.45. The maximum absolute atomic E-state index is 11.9. The van der Waals surface area contributed by atoms with Gasteiger partial charge in [0, 0.05) is 23.7 Å². The van der Waals surface area contributed by atoms with Crippen LogP contribution in [0.5, 0.6) is 0 Å². The van der Waals surface area contributed by atoms with E-state index in [4.69, 9.17) is 0 Å². The van der Waals surface area contributed by atoms with Crippen molar-refractivity contribution in [3.63, 3.8) is 0 Å². The van der Waals surface area contributed by atoms with Gasteiger partial charge in [-0.2, -0.15) is 0 Å². The summed E-state index contributed by atoms with van der Waals surface area (Å²) >= 11 is 0. The Hall–Kier alpha value is -2.62. The van der Waals surface area contributed by atoms with Gasteiger partial charge in [-0.3, -0.25) is 9.59 Å². The number of amides is 2. The van der Waals surface area contributed by atoms with Crippen molar-refractivity contribution in [2.45, 2.75) is 13.0 Å². The molecule has 0 spiro atoms. The summed E-state index contributed by atoms with van der Waals surface area (Å²) in [6.45, 7) is 2.23. The van der Waals surface area contributed by atoms with Crippen LogP contribution in [0, 0.1) is 0 Å². The summed E-state index contributed by atoms with van der Waals surface area (Å²) in [5, 5.41) is 5.65. The zero-order valence-electron chi connectivity index (χ0n) is 11.9. The molecule has 4 nitrogen and oxygen atoms in total. The minimum atomic E-state index is -0.148. The van der Waals surface area contributed by atoms with E-state index in [1.165, 1.54) is 0 Å². The monoisotopic (exact) mass is 282 g/mol. The molecule has 108 valence electrons. The molecule has 0 aliphatic rings. The molecule has 2 rings (SSSR count). The van der Waals surface area contributed by atoms with E-state index >= 15 is 0 Å². The minimum Gasteiger partial charge on any atom is -0.350 e. The summed E-state index contributed by atoms with van der Waals surface area (Å²) in [7, 11) is 0. The van der Waals surface area contributed by atoms with Gasteiger partial charge >= 0.3 is 0 Å². The normalized spacial score (nSPS) is 11.5. The predicted molar refractivity (Wildman–Crippen MR) is 82.1 cm³/mol. The summed E-state index contributed by atoms with van der Waals surface area (Å²) < 4.78 is 0. The lowest BCUT2D eigenvalue weighted by molar-refractivity contribution is 0.0912. The Labute approximate surface area is 124 Å². The van der Waals surface area contributed by atoms with Crippen LogP contribution in [0.4, 0.5) is 0 Å². The van der Waals surface area contributed by atoms with Crippen LogP contribution in [0.3, 0.4) is 0 Å². The predicted octanol–water partition coefficient (Wildman–Crippen LogP) is 2.23. The third-order valence-electron chi connectivity index (χ3n) is 3.02. The zero-order valence-corrected chi connectivity index (χ0v) is 11.9. The Morgan fingerprint density at radius 2 is 1.33 bits per heavy atom. The largest absolute Gasteiger partial charge is 0.350 e. The van der Waals surface area contributed by atoms with E-state index in [0.717, 1.165) is 0 Å². The van der Waals surface area contributed by atoms with Crippen LogP contribution in [-0.4, -0.2) is 24.4 Å². The van der Waals surface area contributed by atoms with Crippen molar-refractivity contribution in [3.8, 4) is 0 Å². The highest BCUT2D eigenvalue weighted by Gasteiger charge is 2.11. The van der Waals surface area contributed by atoms with Gasteiger partial charge < -0.3 is 10.6 Å². The zero-order chi connectivity index (χ0) is 15.1. The fourth-order valence-corrected chi connectivity index (χ4v) is 1.89. The first-order chi connectivity index (χ1) is 10.2. The maximum atomic E-state index is 11.9. The van der Waals surface area contributed by atoms with Crippen LogP contribution >= 0.6 is 0 Å². The SMILES string of the molecule is CC(CNC(=O)c1ccccc1)NC(=O)c1ccccc1. The number of hydrogen-bond donors (Lipinski definition) is 2. The lowest BCUT2D eigenvalue weighted by atomic mass is 10.2. The second kappa shape index (κ2) is 7.24. The number of nitrogens with one attached hydrogen (secondary N) is 2. The average molecular weight is 282 g/mol. The molecule has 1 unspecified atom stereocenters. The first kappa shape index (κ1) is 14.8. The Balaban J connectivity index is 1.81. The molecule has 1 atom stereocenters. The van der Waals surface area contributed by atoms with Crippen molar-refractivity contribution in [3.05, 3.63) is 71.8 Å². The van der Waals surface area contributed by atoms with Gasteiger partial charge in [0.2, 0.25) is 0 Å². The molecule has 0 aliphatic carbocycles. The molecular weight excluding hydrogens is 264 g/mol. The molecule has 2 amide bonds. The van der Waals surface area contributed by atoms with Gasteiger partial charge in [-0.15, -0.1) is 0 Å². The molecule has 0 heterocycles. The number of benzene rings is 2. The summed E-state index contributed by atoms with van der Waals surface area (Å²) in [6, 6.07) is 17.9. The van der Waals surface area contributed by atoms with Gasteiger partial charge in [0.05, 0.1) is 0 Å². The van der Waals surface area contributed by atoms with Crippen LogP contribution < -0.4 is 10.6 Å². The summed E-state index contributed by atoms with van der Waals surface area (Å²) in [5.74, 6) is -0.284. The number of carbonyl (C=O) groups is 2. The summed E-state index contributed by atoms with van der Waals surface area (Å²) in [6.07, 6.45) is 0. The van der Waals surface area contributed by atoms with Crippen LogP contribution in [0.1, 0.15) is 27.6 Å². The molecule has 2 aromatic carbocycles. The Morgan fingerprint density at radius 3 is 1.86 bits per heavy atom. The molecule has 0 radical (unpaired) electrons. The van der Waals surface area contributed by atoms with Gasteiger partial charge in [0.15, 0.2) is 0 Å². The van der Waals surface area contributed by atoms with Crippen LogP contribution in [0.15, 0.2) is 60.7 Å². The van der Waals surface area contributed by atoms with Gasteiger partial charge in [-0.05, 0) is 31.2 Å². The molecule has 2 N–H and O–H groups in total. The molecular formula is C17H18N2O2. The molecule has 0 saturated carbocycles. The molecule has 0 aliphatic heterocycles. The molecule has 4 heteroatoms. The number of rotatable bonds is 5. The van der Waals surface area contributed by atoms with Crippen molar-refractivity contribution >= 4 is 11.8 Å². The highest BCUT2D eigenvalue weighted by atomic mass is 16.2. The van der Waals surface area contributed by atoms with E-state index < -0.39 is 0 Å². The summed E-state index contributed by atoms with van der Waals surface area (Å²) in [4.78, 5) is 23.8. The van der Waals surface area contributed by atoms with Crippen molar-refractivity contribution in [2.75, 3.05) is 6.54 Å². The van der Waals surface area contributed by atoms with E-state index in [0.29, 0.717) is 17.7 Å². The Bertz CT molecular complexity index is 597. The molecule has 0 bridgehead atoms. The quantitative estimate of drug-likeness (QED) is 0.883. The van der Waals surface area contributed by atoms with E-state index in [1.807, 2.05) is 43.3 Å². The standard InChI is InChI=1S/C17H18N2O2/c1-13(19-17(21)15-10-6-3-7-11-15)12-18-16(20)14-8-4-2-5-9-14/h2-11,13H,12H2,1H3,(H,18,20)(H,19,21). The van der Waals surface area contributed by atoms with Crippen LogP contribution in [0.2, 0.25) is 0 Å². The maximum Gasteiger partial charge on any atom is 0.251 e. The number of hydrogen-bond acceptors (Lipinski definition) is 2. The van der Waals surface area contributed by atoms with Crippen LogP contribution in [0.25, 0.3) is 0 Å². The molecule has 0 aromatic heterocycles. The van der Waals surface area contributed by atoms with Crippen LogP contribution in [-0.2, 0) is 0 Å². The molecule has 2 aromatic rings. The Morgan fingerprint density at radius 1 is 0.857 bits per heavy atom. The lowest BCUT2D eigenvalue weighted by Gasteiger charge is -2.15. The minimum absolute atomic E-state index is 0.142. The number of carbonyl (C=O) groups excluding carboxylic acids is 2. The van der Waals surface area contributed by atoms with E-state index in [1.54, 1.807) is 24.3 Å². The smallest absolute Gasteiger partial charge is 0.251 e. The highest BCUT2D eigenvalue weighted by Crippen LogP contribution is 2.00.